The van der Waals surface area contributed by atoms with Crippen LogP contribution < -0.4 is 10.6 Å². The maximum Gasteiger partial charge on any atom is 0.125 e. The molecule has 0 atom stereocenters. The molecule has 3 aromatic carbocycles. The Bertz CT molecular complexity index is 868. The smallest absolute Gasteiger partial charge is 0.125 e. The molecule has 4 N–H and O–H groups in total. The highest BCUT2D eigenvalue weighted by molar-refractivity contribution is 5.69. The number of rotatable bonds is 6. The Morgan fingerprint density at radius 2 is 1.24 bits per heavy atom. The molecular formula is C20H19FN2O2. The van der Waals surface area contributed by atoms with Crippen LogP contribution in [0.25, 0.3) is 0 Å². The van der Waals surface area contributed by atoms with Crippen LogP contribution in [0.2, 0.25) is 0 Å². The van der Waals surface area contributed by atoms with Crippen LogP contribution in [0.5, 0.6) is 11.5 Å². The van der Waals surface area contributed by atoms with Crippen molar-refractivity contribution < 1.29 is 14.6 Å². The van der Waals surface area contributed by atoms with E-state index in [1.54, 1.807) is 42.5 Å². The summed E-state index contributed by atoms with van der Waals surface area (Å²) in [6.45, 7) is 0.958. The van der Waals surface area contributed by atoms with E-state index in [2.05, 4.69) is 10.6 Å². The van der Waals surface area contributed by atoms with Gasteiger partial charge in [-0.3, -0.25) is 0 Å². The number of benzene rings is 3. The molecule has 0 radical (unpaired) electrons. The first kappa shape index (κ1) is 16.6. The number of phenolic OH excluding ortho intramolecular Hbond substituents is 2. The van der Waals surface area contributed by atoms with Gasteiger partial charge in [-0.2, -0.15) is 0 Å². The van der Waals surface area contributed by atoms with Crippen LogP contribution in [0.15, 0.2) is 66.7 Å². The fourth-order valence-electron chi connectivity index (χ4n) is 2.54. The molecule has 3 rings (SSSR count). The average Bonchev–Trinajstić information content (AvgIpc) is 2.59. The van der Waals surface area contributed by atoms with Crippen molar-refractivity contribution in [1.82, 2.24) is 0 Å². The van der Waals surface area contributed by atoms with Gasteiger partial charge in [0.25, 0.3) is 0 Å². The SMILES string of the molecule is Oc1cccc(CNc2ccc(F)cc2NCc2cccc(O)c2)c1. The fraction of sp³-hybridized carbons (Fsp3) is 0.100. The van der Waals surface area contributed by atoms with E-state index < -0.39 is 0 Å². The minimum atomic E-state index is -0.332. The van der Waals surface area contributed by atoms with Crippen molar-refractivity contribution in [2.45, 2.75) is 13.1 Å². The van der Waals surface area contributed by atoms with Crippen molar-refractivity contribution in [2.24, 2.45) is 0 Å². The van der Waals surface area contributed by atoms with Crippen molar-refractivity contribution in [3.8, 4) is 11.5 Å². The van der Waals surface area contributed by atoms with E-state index >= 15 is 0 Å². The molecule has 0 spiro atoms. The summed E-state index contributed by atoms with van der Waals surface area (Å²) in [5.74, 6) is 0.0720. The van der Waals surface area contributed by atoms with Gasteiger partial charge >= 0.3 is 0 Å². The van der Waals surface area contributed by atoms with Crippen molar-refractivity contribution >= 4 is 11.4 Å². The van der Waals surface area contributed by atoms with Crippen LogP contribution in [0.4, 0.5) is 15.8 Å². The van der Waals surface area contributed by atoms with Gasteiger partial charge in [0.05, 0.1) is 11.4 Å². The van der Waals surface area contributed by atoms with Gasteiger partial charge in [-0.25, -0.2) is 4.39 Å². The third-order valence-electron chi connectivity index (χ3n) is 3.77. The molecule has 0 aliphatic heterocycles. The number of anilines is 2. The highest BCUT2D eigenvalue weighted by atomic mass is 19.1. The van der Waals surface area contributed by atoms with E-state index in [9.17, 15) is 14.6 Å². The van der Waals surface area contributed by atoms with E-state index in [1.165, 1.54) is 12.1 Å². The van der Waals surface area contributed by atoms with E-state index in [1.807, 2.05) is 12.1 Å². The molecule has 0 amide bonds. The first-order valence-corrected chi connectivity index (χ1v) is 7.93. The molecule has 0 fully saturated rings. The molecule has 4 nitrogen and oxygen atoms in total. The lowest BCUT2D eigenvalue weighted by molar-refractivity contribution is 0.474. The maximum atomic E-state index is 13.6. The summed E-state index contributed by atoms with van der Waals surface area (Å²) >= 11 is 0. The Hall–Kier alpha value is -3.21. The number of hydrogen-bond donors (Lipinski definition) is 4. The van der Waals surface area contributed by atoms with Crippen LogP contribution in [0.1, 0.15) is 11.1 Å². The second kappa shape index (κ2) is 7.57. The van der Waals surface area contributed by atoms with Crippen molar-refractivity contribution in [1.29, 1.82) is 0 Å². The fourth-order valence-corrected chi connectivity index (χ4v) is 2.54. The minimum Gasteiger partial charge on any atom is -0.508 e. The summed E-state index contributed by atoms with van der Waals surface area (Å²) < 4.78 is 13.6. The van der Waals surface area contributed by atoms with E-state index in [-0.39, 0.29) is 17.3 Å². The maximum absolute atomic E-state index is 13.6. The molecule has 0 saturated heterocycles. The van der Waals surface area contributed by atoms with Gasteiger partial charge in [0, 0.05) is 13.1 Å². The van der Waals surface area contributed by atoms with Gasteiger partial charge in [-0.1, -0.05) is 24.3 Å². The van der Waals surface area contributed by atoms with Gasteiger partial charge in [-0.15, -0.1) is 0 Å². The molecule has 0 unspecified atom stereocenters. The monoisotopic (exact) mass is 338 g/mol. The molecule has 0 heterocycles. The highest BCUT2D eigenvalue weighted by Gasteiger charge is 2.05. The van der Waals surface area contributed by atoms with Gasteiger partial charge in [0.1, 0.15) is 17.3 Å². The number of halogens is 1. The van der Waals surface area contributed by atoms with E-state index in [4.69, 9.17) is 0 Å². The molecule has 3 aromatic rings. The quantitative estimate of drug-likeness (QED) is 0.536. The third-order valence-corrected chi connectivity index (χ3v) is 3.77. The molecule has 0 aliphatic carbocycles. The molecule has 0 saturated carbocycles. The summed E-state index contributed by atoms with van der Waals surface area (Å²) in [4.78, 5) is 0. The Balaban J connectivity index is 1.71. The first-order chi connectivity index (χ1) is 12.1. The molecule has 0 bridgehead atoms. The molecule has 0 aromatic heterocycles. The summed E-state index contributed by atoms with van der Waals surface area (Å²) in [5, 5.41) is 25.5. The zero-order valence-electron chi connectivity index (χ0n) is 13.5. The summed E-state index contributed by atoms with van der Waals surface area (Å²) in [6.07, 6.45) is 0. The summed E-state index contributed by atoms with van der Waals surface area (Å²) in [6, 6.07) is 18.4. The predicted molar refractivity (Wildman–Crippen MR) is 97.3 cm³/mol. The van der Waals surface area contributed by atoms with Crippen molar-refractivity contribution in [2.75, 3.05) is 10.6 Å². The van der Waals surface area contributed by atoms with Crippen LogP contribution >= 0.6 is 0 Å². The lowest BCUT2D eigenvalue weighted by Crippen LogP contribution is -2.06. The molecule has 5 heteroatoms. The zero-order valence-corrected chi connectivity index (χ0v) is 13.5. The Morgan fingerprint density at radius 1 is 0.680 bits per heavy atom. The summed E-state index contributed by atoms with van der Waals surface area (Å²) in [5.41, 5.74) is 3.19. The van der Waals surface area contributed by atoms with Gasteiger partial charge in [0.2, 0.25) is 0 Å². The number of hydrogen-bond acceptors (Lipinski definition) is 4. The average molecular weight is 338 g/mol. The molecule has 128 valence electrons. The first-order valence-electron chi connectivity index (χ1n) is 7.93. The largest absolute Gasteiger partial charge is 0.508 e. The van der Waals surface area contributed by atoms with E-state index in [0.717, 1.165) is 16.8 Å². The number of aromatic hydroxyl groups is 2. The van der Waals surface area contributed by atoms with Crippen LogP contribution in [0.3, 0.4) is 0 Å². The van der Waals surface area contributed by atoms with Crippen LogP contribution in [-0.4, -0.2) is 10.2 Å². The highest BCUT2D eigenvalue weighted by Crippen LogP contribution is 2.25. The van der Waals surface area contributed by atoms with Crippen LogP contribution in [0, 0.1) is 5.82 Å². The Kier molecular flexibility index (Phi) is 5.04. The molecular weight excluding hydrogens is 319 g/mol. The van der Waals surface area contributed by atoms with Crippen molar-refractivity contribution in [3.63, 3.8) is 0 Å². The predicted octanol–water partition coefficient (Wildman–Crippen LogP) is 4.46. The minimum absolute atomic E-state index is 0.195. The lowest BCUT2D eigenvalue weighted by atomic mass is 10.2. The molecule has 25 heavy (non-hydrogen) atoms. The number of phenols is 2. The Morgan fingerprint density at radius 3 is 1.80 bits per heavy atom. The summed E-state index contributed by atoms with van der Waals surface area (Å²) in [7, 11) is 0. The van der Waals surface area contributed by atoms with Gasteiger partial charge < -0.3 is 20.8 Å². The Labute approximate surface area is 145 Å². The third kappa shape index (κ3) is 4.64. The molecule has 0 aliphatic rings. The van der Waals surface area contributed by atoms with Crippen LogP contribution in [-0.2, 0) is 13.1 Å². The normalized spacial score (nSPS) is 10.4. The van der Waals surface area contributed by atoms with Gasteiger partial charge in [0.15, 0.2) is 0 Å². The van der Waals surface area contributed by atoms with Gasteiger partial charge in [-0.05, 0) is 53.6 Å². The lowest BCUT2D eigenvalue weighted by Gasteiger charge is -2.14. The number of nitrogens with one attached hydrogen (secondary N) is 2. The second-order valence-electron chi connectivity index (χ2n) is 5.74. The topological polar surface area (TPSA) is 64.5 Å². The standard InChI is InChI=1S/C20H19FN2O2/c21-16-7-8-19(22-12-14-3-1-5-17(24)9-14)20(11-16)23-13-15-4-2-6-18(25)10-15/h1-11,22-25H,12-13H2. The zero-order chi connectivity index (χ0) is 17.6. The van der Waals surface area contributed by atoms with Crippen molar-refractivity contribution in [3.05, 3.63) is 83.7 Å². The second-order valence-corrected chi connectivity index (χ2v) is 5.74. The van der Waals surface area contributed by atoms with E-state index in [0.29, 0.717) is 18.8 Å².